The lowest BCUT2D eigenvalue weighted by Gasteiger charge is -2.32. The number of carbonyl (C=O) groups is 1. The van der Waals surface area contributed by atoms with Gasteiger partial charge >= 0.3 is 0 Å². The molecule has 1 amide bonds. The molecule has 0 bridgehead atoms. The molecule has 8 heteroatoms. The second-order valence-electron chi connectivity index (χ2n) is 7.25. The van der Waals surface area contributed by atoms with Gasteiger partial charge < -0.3 is 10.2 Å². The second-order valence-corrected chi connectivity index (χ2v) is 9.56. The molecule has 1 heterocycles. The highest BCUT2D eigenvalue weighted by Gasteiger charge is 2.32. The third kappa shape index (κ3) is 4.65. The van der Waals surface area contributed by atoms with Crippen molar-refractivity contribution in [3.05, 3.63) is 28.8 Å². The summed E-state index contributed by atoms with van der Waals surface area (Å²) >= 11 is 6.14. The van der Waals surface area contributed by atoms with Gasteiger partial charge in [0.15, 0.2) is 0 Å². The number of benzene rings is 1. The number of hydrogen-bond acceptors (Lipinski definition) is 4. The Kier molecular flexibility index (Phi) is 6.46. The molecule has 0 radical (unpaired) electrons. The van der Waals surface area contributed by atoms with Gasteiger partial charge in [0.05, 0.1) is 5.02 Å². The summed E-state index contributed by atoms with van der Waals surface area (Å²) in [6.45, 7) is 6.28. The molecule has 150 valence electrons. The predicted molar refractivity (Wildman–Crippen MR) is 107 cm³/mol. The van der Waals surface area contributed by atoms with Gasteiger partial charge in [0.1, 0.15) is 4.90 Å². The Morgan fingerprint density at radius 2 is 1.81 bits per heavy atom. The molecular formula is C19H28ClN3O3S. The average molecular weight is 414 g/mol. The van der Waals surface area contributed by atoms with Crippen molar-refractivity contribution in [2.45, 2.75) is 56.5 Å². The Hall–Kier alpha value is -1.15. The van der Waals surface area contributed by atoms with E-state index in [0.717, 1.165) is 32.0 Å². The fourth-order valence-corrected chi connectivity index (χ4v) is 5.62. The van der Waals surface area contributed by atoms with Crippen molar-refractivity contribution in [3.8, 4) is 0 Å². The number of rotatable bonds is 7. The lowest BCUT2D eigenvalue weighted by molar-refractivity contribution is 0.0909. The summed E-state index contributed by atoms with van der Waals surface area (Å²) in [5.74, 6) is -0.243. The van der Waals surface area contributed by atoms with E-state index in [1.165, 1.54) is 29.3 Å². The third-order valence-electron chi connectivity index (χ3n) is 5.44. The van der Waals surface area contributed by atoms with Gasteiger partial charge in [-0.15, -0.1) is 0 Å². The molecule has 3 rings (SSSR count). The Bertz CT molecular complexity index is 783. The van der Waals surface area contributed by atoms with Gasteiger partial charge in [0.25, 0.3) is 5.91 Å². The standard InChI is InChI=1S/C19H28ClN3O3S/c1-3-23(4-2)27(25,26)18-13-14(5-8-17(18)20)19(24)21-15-9-11-22(12-10-15)16-6-7-16/h5,8,13,15-16H,3-4,6-7,9-12H2,1-2H3,(H,21,24). The Labute approximate surface area is 166 Å². The molecule has 1 saturated heterocycles. The highest BCUT2D eigenvalue weighted by Crippen LogP contribution is 2.29. The van der Waals surface area contributed by atoms with Crippen LogP contribution in [0.2, 0.25) is 5.02 Å². The van der Waals surface area contributed by atoms with Crippen molar-refractivity contribution >= 4 is 27.5 Å². The molecule has 2 aliphatic rings. The number of likely N-dealkylation sites (tertiary alicyclic amines) is 1. The molecule has 1 N–H and O–H groups in total. The number of amides is 1. The molecule has 1 aliphatic heterocycles. The smallest absolute Gasteiger partial charge is 0.251 e. The largest absolute Gasteiger partial charge is 0.349 e. The monoisotopic (exact) mass is 413 g/mol. The third-order valence-corrected chi connectivity index (χ3v) is 7.98. The summed E-state index contributed by atoms with van der Waals surface area (Å²) in [7, 11) is -3.72. The molecule has 0 unspecified atom stereocenters. The first-order valence-corrected chi connectivity index (χ1v) is 11.5. The number of sulfonamides is 1. The van der Waals surface area contributed by atoms with Crippen LogP contribution in [-0.4, -0.2) is 61.8 Å². The molecule has 0 aromatic heterocycles. The van der Waals surface area contributed by atoms with Crippen LogP contribution in [0.3, 0.4) is 0 Å². The van der Waals surface area contributed by atoms with Crippen LogP contribution in [-0.2, 0) is 10.0 Å². The highest BCUT2D eigenvalue weighted by atomic mass is 35.5. The molecule has 2 fully saturated rings. The fraction of sp³-hybridized carbons (Fsp3) is 0.632. The summed E-state index contributed by atoms with van der Waals surface area (Å²) in [6.07, 6.45) is 4.46. The van der Waals surface area contributed by atoms with Gasteiger partial charge in [-0.2, -0.15) is 4.31 Å². The van der Waals surface area contributed by atoms with Gasteiger partial charge in [-0.1, -0.05) is 25.4 Å². The van der Waals surface area contributed by atoms with Crippen molar-refractivity contribution in [2.24, 2.45) is 0 Å². The van der Waals surface area contributed by atoms with Gasteiger partial charge in [-0.25, -0.2) is 8.42 Å². The van der Waals surface area contributed by atoms with Crippen LogP contribution in [0.4, 0.5) is 0 Å². The number of carbonyl (C=O) groups excluding carboxylic acids is 1. The van der Waals surface area contributed by atoms with E-state index in [1.807, 2.05) is 0 Å². The quantitative estimate of drug-likeness (QED) is 0.746. The zero-order valence-electron chi connectivity index (χ0n) is 15.9. The number of hydrogen-bond donors (Lipinski definition) is 1. The van der Waals surface area contributed by atoms with Crippen molar-refractivity contribution in [1.29, 1.82) is 0 Å². The number of piperidine rings is 1. The SMILES string of the molecule is CCN(CC)S(=O)(=O)c1cc(C(=O)NC2CCN(C3CC3)CC2)ccc1Cl. The minimum atomic E-state index is -3.72. The normalized spacial score (nSPS) is 19.4. The van der Waals surface area contributed by atoms with Crippen LogP contribution >= 0.6 is 11.6 Å². The molecular weight excluding hydrogens is 386 g/mol. The minimum Gasteiger partial charge on any atom is -0.349 e. The van der Waals surface area contributed by atoms with E-state index < -0.39 is 10.0 Å². The first-order valence-electron chi connectivity index (χ1n) is 9.71. The summed E-state index contributed by atoms with van der Waals surface area (Å²) in [5, 5.41) is 3.19. The maximum atomic E-state index is 12.8. The Balaban J connectivity index is 1.70. The molecule has 1 aliphatic carbocycles. The average Bonchev–Trinajstić information content (AvgIpc) is 3.48. The zero-order chi connectivity index (χ0) is 19.6. The number of nitrogens with one attached hydrogen (secondary N) is 1. The van der Waals surface area contributed by atoms with Crippen molar-refractivity contribution in [3.63, 3.8) is 0 Å². The van der Waals surface area contributed by atoms with E-state index in [-0.39, 0.29) is 21.9 Å². The molecule has 27 heavy (non-hydrogen) atoms. The van der Waals surface area contributed by atoms with Crippen molar-refractivity contribution < 1.29 is 13.2 Å². The molecule has 1 aromatic rings. The predicted octanol–water partition coefficient (Wildman–Crippen LogP) is 2.73. The van der Waals surface area contributed by atoms with Gasteiger partial charge in [0, 0.05) is 43.8 Å². The Morgan fingerprint density at radius 1 is 1.19 bits per heavy atom. The summed E-state index contributed by atoms with van der Waals surface area (Å²) < 4.78 is 26.9. The molecule has 0 atom stereocenters. The maximum Gasteiger partial charge on any atom is 0.251 e. The van der Waals surface area contributed by atoms with Crippen LogP contribution < -0.4 is 5.32 Å². The summed E-state index contributed by atoms with van der Waals surface area (Å²) in [6, 6.07) is 5.35. The van der Waals surface area contributed by atoms with Gasteiger partial charge in [-0.05, 0) is 43.9 Å². The zero-order valence-corrected chi connectivity index (χ0v) is 17.5. The van der Waals surface area contributed by atoms with E-state index in [1.54, 1.807) is 19.9 Å². The van der Waals surface area contributed by atoms with E-state index in [4.69, 9.17) is 11.6 Å². The topological polar surface area (TPSA) is 69.7 Å². The fourth-order valence-electron chi connectivity index (χ4n) is 3.66. The van der Waals surface area contributed by atoms with Crippen molar-refractivity contribution in [1.82, 2.24) is 14.5 Å². The van der Waals surface area contributed by atoms with Crippen molar-refractivity contribution in [2.75, 3.05) is 26.2 Å². The van der Waals surface area contributed by atoms with Gasteiger partial charge in [-0.3, -0.25) is 4.79 Å². The summed E-state index contributed by atoms with van der Waals surface area (Å²) in [5.41, 5.74) is 0.328. The molecule has 0 spiro atoms. The first kappa shape index (κ1) is 20.6. The van der Waals surface area contributed by atoms with Crippen LogP contribution in [0.25, 0.3) is 0 Å². The second kappa shape index (κ2) is 8.47. The highest BCUT2D eigenvalue weighted by molar-refractivity contribution is 7.89. The molecule has 6 nitrogen and oxygen atoms in total. The van der Waals surface area contributed by atoms with Gasteiger partial charge in [0.2, 0.25) is 10.0 Å². The number of nitrogens with zero attached hydrogens (tertiary/aromatic N) is 2. The maximum absolute atomic E-state index is 12.8. The van der Waals surface area contributed by atoms with Crippen LogP contribution in [0.5, 0.6) is 0 Å². The molecule has 1 saturated carbocycles. The van der Waals surface area contributed by atoms with Crippen LogP contribution in [0, 0.1) is 0 Å². The van der Waals surface area contributed by atoms with Crippen LogP contribution in [0.15, 0.2) is 23.1 Å². The Morgan fingerprint density at radius 3 is 2.37 bits per heavy atom. The number of halogens is 1. The lowest BCUT2D eigenvalue weighted by Crippen LogP contribution is -2.45. The summed E-state index contributed by atoms with van der Waals surface area (Å²) in [4.78, 5) is 15.2. The van der Waals surface area contributed by atoms with E-state index in [2.05, 4.69) is 10.2 Å². The van der Waals surface area contributed by atoms with Crippen LogP contribution in [0.1, 0.15) is 49.9 Å². The minimum absolute atomic E-state index is 0.0101. The molecule has 1 aromatic carbocycles. The van der Waals surface area contributed by atoms with E-state index in [9.17, 15) is 13.2 Å². The first-order chi connectivity index (χ1) is 12.9. The lowest BCUT2D eigenvalue weighted by atomic mass is 10.0. The van der Waals surface area contributed by atoms with E-state index in [0.29, 0.717) is 18.7 Å². The van der Waals surface area contributed by atoms with E-state index >= 15 is 0 Å².